The molecule has 0 saturated heterocycles. The number of halogens is 3. The Morgan fingerprint density at radius 1 is 1.00 bits per heavy atom. The number of hydrogen-bond donors (Lipinski definition) is 1. The monoisotopic (exact) mass is 476 g/mol. The predicted molar refractivity (Wildman–Crippen MR) is 118 cm³/mol. The van der Waals surface area contributed by atoms with E-state index in [1.54, 1.807) is 18.2 Å². The molecule has 33 heavy (non-hydrogen) atoms. The Hall–Kier alpha value is -3.53. The Morgan fingerprint density at radius 2 is 1.73 bits per heavy atom. The molecule has 1 aliphatic heterocycles. The van der Waals surface area contributed by atoms with E-state index in [1.165, 1.54) is 12.7 Å². The van der Waals surface area contributed by atoms with E-state index in [0.29, 0.717) is 6.54 Å². The van der Waals surface area contributed by atoms with Crippen molar-refractivity contribution in [1.82, 2.24) is 0 Å². The van der Waals surface area contributed by atoms with Crippen LogP contribution in [-0.2, 0) is 16.4 Å². The molecule has 0 spiro atoms. The SMILES string of the molecule is COc1cc(C2=NCCc3ccccc32)ccc1NS(=O)(=O)c1ccc(OC(F)(F)F)cc1. The highest BCUT2D eigenvalue weighted by atomic mass is 32.2. The van der Waals surface area contributed by atoms with Crippen LogP contribution in [0.15, 0.2) is 76.6 Å². The molecule has 3 aromatic carbocycles. The van der Waals surface area contributed by atoms with Crippen LogP contribution in [0.2, 0.25) is 0 Å². The Labute approximate surface area is 188 Å². The number of ether oxygens (including phenoxy) is 2. The zero-order chi connectivity index (χ0) is 23.6. The molecule has 0 amide bonds. The largest absolute Gasteiger partial charge is 0.573 e. The number of alkyl halides is 3. The molecule has 4 rings (SSSR count). The van der Waals surface area contributed by atoms with Gasteiger partial charge >= 0.3 is 6.36 Å². The molecule has 0 saturated carbocycles. The molecule has 0 radical (unpaired) electrons. The van der Waals surface area contributed by atoms with Gasteiger partial charge in [-0.1, -0.05) is 30.3 Å². The van der Waals surface area contributed by atoms with Crippen LogP contribution in [0.5, 0.6) is 11.5 Å². The van der Waals surface area contributed by atoms with Crippen LogP contribution in [0.3, 0.4) is 0 Å². The Kier molecular flexibility index (Phi) is 6.03. The number of nitrogens with zero attached hydrogens (tertiary/aromatic N) is 1. The van der Waals surface area contributed by atoms with Crippen molar-refractivity contribution >= 4 is 21.4 Å². The van der Waals surface area contributed by atoms with Gasteiger partial charge in [-0.15, -0.1) is 13.2 Å². The third-order valence-electron chi connectivity index (χ3n) is 5.01. The quantitative estimate of drug-likeness (QED) is 0.555. The number of anilines is 1. The lowest BCUT2D eigenvalue weighted by Gasteiger charge is -2.18. The number of rotatable bonds is 6. The zero-order valence-electron chi connectivity index (χ0n) is 17.4. The van der Waals surface area contributed by atoms with Gasteiger partial charge in [-0.3, -0.25) is 9.71 Å². The number of benzene rings is 3. The maximum absolute atomic E-state index is 12.8. The summed E-state index contributed by atoms with van der Waals surface area (Å²) < 4.78 is 74.1. The summed E-state index contributed by atoms with van der Waals surface area (Å²) in [5.41, 5.74) is 3.95. The smallest absolute Gasteiger partial charge is 0.495 e. The fourth-order valence-corrected chi connectivity index (χ4v) is 4.61. The minimum absolute atomic E-state index is 0.182. The first-order valence-electron chi connectivity index (χ1n) is 9.86. The van der Waals surface area contributed by atoms with E-state index < -0.39 is 22.1 Å². The normalized spacial score (nSPS) is 13.6. The van der Waals surface area contributed by atoms with E-state index in [2.05, 4.69) is 20.5 Å². The molecule has 1 N–H and O–H groups in total. The summed E-state index contributed by atoms with van der Waals surface area (Å²) >= 11 is 0. The number of hydrogen-bond acceptors (Lipinski definition) is 5. The first-order valence-corrected chi connectivity index (χ1v) is 11.3. The van der Waals surface area contributed by atoms with Crippen LogP contribution in [0.4, 0.5) is 18.9 Å². The second-order valence-electron chi connectivity index (χ2n) is 7.18. The zero-order valence-corrected chi connectivity index (χ0v) is 18.2. The van der Waals surface area contributed by atoms with Crippen molar-refractivity contribution in [3.8, 4) is 11.5 Å². The first-order chi connectivity index (χ1) is 15.7. The average molecular weight is 476 g/mol. The number of fused-ring (bicyclic) bond motifs is 1. The van der Waals surface area contributed by atoms with Crippen LogP contribution in [0.25, 0.3) is 0 Å². The Balaban J connectivity index is 1.59. The van der Waals surface area contributed by atoms with Crippen LogP contribution in [0, 0.1) is 0 Å². The molecule has 0 aromatic heterocycles. The maximum Gasteiger partial charge on any atom is 0.573 e. The second-order valence-corrected chi connectivity index (χ2v) is 8.86. The van der Waals surface area contributed by atoms with Gasteiger partial charge in [0.05, 0.1) is 23.4 Å². The number of sulfonamides is 1. The molecule has 6 nitrogen and oxygen atoms in total. The molecule has 0 atom stereocenters. The van der Waals surface area contributed by atoms with Crippen molar-refractivity contribution in [2.75, 3.05) is 18.4 Å². The molecule has 1 aliphatic rings. The van der Waals surface area contributed by atoms with Gasteiger partial charge in [-0.05, 0) is 48.4 Å². The van der Waals surface area contributed by atoms with Crippen molar-refractivity contribution in [1.29, 1.82) is 0 Å². The topological polar surface area (TPSA) is 77.0 Å². The summed E-state index contributed by atoms with van der Waals surface area (Å²) in [5, 5.41) is 0. The maximum atomic E-state index is 12.8. The molecular formula is C23H19F3N2O4S. The molecule has 3 aromatic rings. The highest BCUT2D eigenvalue weighted by Gasteiger charge is 2.31. The fourth-order valence-electron chi connectivity index (χ4n) is 3.54. The van der Waals surface area contributed by atoms with Gasteiger partial charge in [0.25, 0.3) is 10.0 Å². The van der Waals surface area contributed by atoms with E-state index in [-0.39, 0.29) is 16.3 Å². The van der Waals surface area contributed by atoms with E-state index in [9.17, 15) is 21.6 Å². The number of methoxy groups -OCH3 is 1. The Morgan fingerprint density at radius 3 is 2.42 bits per heavy atom. The second kappa shape index (κ2) is 8.78. The summed E-state index contributed by atoms with van der Waals surface area (Å²) in [7, 11) is -2.68. The lowest BCUT2D eigenvalue weighted by atomic mass is 9.93. The first kappa shape index (κ1) is 22.7. The lowest BCUT2D eigenvalue weighted by Crippen LogP contribution is -2.17. The van der Waals surface area contributed by atoms with E-state index in [1.807, 2.05) is 18.2 Å². The molecular weight excluding hydrogens is 457 g/mol. The van der Waals surface area contributed by atoms with Gasteiger partial charge in [0.15, 0.2) is 0 Å². The minimum atomic E-state index is -4.86. The molecule has 0 aliphatic carbocycles. The van der Waals surface area contributed by atoms with Gasteiger partial charge in [-0.2, -0.15) is 0 Å². The standard InChI is InChI=1S/C23H19F3N2O4S/c1-31-21-14-16(22-19-5-3-2-4-15(19)12-13-27-22)6-11-20(21)28-33(29,30)18-9-7-17(8-10-18)32-23(24,25)26/h2-11,14,28H,12-13H2,1H3. The highest BCUT2D eigenvalue weighted by molar-refractivity contribution is 7.92. The number of nitrogens with one attached hydrogen (secondary N) is 1. The summed E-state index contributed by atoms with van der Waals surface area (Å²) in [6, 6.07) is 16.9. The molecule has 172 valence electrons. The summed E-state index contributed by atoms with van der Waals surface area (Å²) in [4.78, 5) is 4.40. The lowest BCUT2D eigenvalue weighted by molar-refractivity contribution is -0.274. The van der Waals surface area contributed by atoms with E-state index >= 15 is 0 Å². The van der Waals surface area contributed by atoms with Crippen molar-refractivity contribution < 1.29 is 31.1 Å². The van der Waals surface area contributed by atoms with Gasteiger partial charge in [0.1, 0.15) is 11.5 Å². The summed E-state index contributed by atoms with van der Waals surface area (Å²) in [5.74, 6) is -0.240. The van der Waals surface area contributed by atoms with Crippen molar-refractivity contribution in [3.05, 3.63) is 83.4 Å². The van der Waals surface area contributed by atoms with Gasteiger partial charge in [0.2, 0.25) is 0 Å². The van der Waals surface area contributed by atoms with Crippen LogP contribution < -0.4 is 14.2 Å². The molecule has 10 heteroatoms. The molecule has 0 bridgehead atoms. The van der Waals surface area contributed by atoms with Crippen LogP contribution >= 0.6 is 0 Å². The predicted octanol–water partition coefficient (Wildman–Crippen LogP) is 4.79. The highest BCUT2D eigenvalue weighted by Crippen LogP contribution is 2.31. The third-order valence-corrected chi connectivity index (χ3v) is 6.39. The molecule has 0 unspecified atom stereocenters. The summed E-state index contributed by atoms with van der Waals surface area (Å²) in [6.45, 7) is 0.650. The Bertz CT molecular complexity index is 1300. The van der Waals surface area contributed by atoms with Crippen molar-refractivity contribution in [3.63, 3.8) is 0 Å². The van der Waals surface area contributed by atoms with Gasteiger partial charge < -0.3 is 9.47 Å². The number of aliphatic imine (C=N–C) groups is 1. The molecule has 0 fully saturated rings. The fraction of sp³-hybridized carbons (Fsp3) is 0.174. The third kappa shape index (κ3) is 5.11. The van der Waals surface area contributed by atoms with Crippen molar-refractivity contribution in [2.45, 2.75) is 17.7 Å². The average Bonchev–Trinajstić information content (AvgIpc) is 2.78. The van der Waals surface area contributed by atoms with Crippen LogP contribution in [0.1, 0.15) is 16.7 Å². The van der Waals surface area contributed by atoms with Crippen LogP contribution in [-0.4, -0.2) is 34.1 Å². The summed E-state index contributed by atoms with van der Waals surface area (Å²) in [6.07, 6.45) is -4.02. The van der Waals surface area contributed by atoms with E-state index in [0.717, 1.165) is 47.5 Å². The van der Waals surface area contributed by atoms with Crippen molar-refractivity contribution in [2.24, 2.45) is 4.99 Å². The molecule has 1 heterocycles. The minimum Gasteiger partial charge on any atom is -0.495 e. The van der Waals surface area contributed by atoms with E-state index in [4.69, 9.17) is 4.74 Å². The van der Waals surface area contributed by atoms with Gasteiger partial charge in [-0.25, -0.2) is 8.42 Å². The van der Waals surface area contributed by atoms with Gasteiger partial charge in [0, 0.05) is 17.7 Å².